The highest BCUT2D eigenvalue weighted by atomic mass is 35.5. The molecule has 3 aromatic rings. The Kier molecular flexibility index (Phi) is 7.70. The number of hydrogen-bond acceptors (Lipinski definition) is 5. The monoisotopic (exact) mass is 455 g/mol. The van der Waals surface area contributed by atoms with Gasteiger partial charge in [0.1, 0.15) is 0 Å². The van der Waals surface area contributed by atoms with Gasteiger partial charge in [0.05, 0.1) is 36.4 Å². The smallest absolute Gasteiger partial charge is 0.226 e. The number of morpholine rings is 1. The second-order valence-electron chi connectivity index (χ2n) is 7.59. The molecule has 1 fully saturated rings. The maximum atomic E-state index is 12.6. The summed E-state index contributed by atoms with van der Waals surface area (Å²) in [6.07, 6.45) is 1.01. The highest BCUT2D eigenvalue weighted by Crippen LogP contribution is 2.21. The third-order valence-corrected chi connectivity index (χ3v) is 6.48. The number of nitrogens with zero attached hydrogens (tertiary/aromatic N) is 2. The van der Waals surface area contributed by atoms with Gasteiger partial charge in [-0.05, 0) is 23.3 Å². The third kappa shape index (κ3) is 6.37. The minimum absolute atomic E-state index is 0.00574. The van der Waals surface area contributed by atoms with E-state index in [1.807, 2.05) is 47.8 Å². The van der Waals surface area contributed by atoms with Gasteiger partial charge in [-0.15, -0.1) is 11.3 Å². The van der Waals surface area contributed by atoms with E-state index in [0.29, 0.717) is 6.54 Å². The van der Waals surface area contributed by atoms with E-state index in [1.54, 1.807) is 11.3 Å². The zero-order chi connectivity index (χ0) is 21.5. The van der Waals surface area contributed by atoms with Crippen LogP contribution in [-0.4, -0.2) is 48.6 Å². The maximum absolute atomic E-state index is 12.6. The summed E-state index contributed by atoms with van der Waals surface area (Å²) in [6, 6.07) is 18.3. The van der Waals surface area contributed by atoms with Gasteiger partial charge in [0.25, 0.3) is 0 Å². The molecule has 162 valence electrons. The molecular formula is C24H26ClN3O2S. The van der Waals surface area contributed by atoms with Crippen LogP contribution in [0.5, 0.6) is 0 Å². The highest BCUT2D eigenvalue weighted by Gasteiger charge is 2.23. The molecule has 1 aromatic heterocycles. The lowest BCUT2D eigenvalue weighted by Crippen LogP contribution is -2.44. The van der Waals surface area contributed by atoms with Gasteiger partial charge in [0, 0.05) is 36.5 Å². The van der Waals surface area contributed by atoms with Gasteiger partial charge in [0.15, 0.2) is 0 Å². The number of halogens is 1. The van der Waals surface area contributed by atoms with Gasteiger partial charge in [0.2, 0.25) is 5.91 Å². The third-order valence-electron chi connectivity index (χ3n) is 5.35. The van der Waals surface area contributed by atoms with E-state index in [0.717, 1.165) is 54.0 Å². The van der Waals surface area contributed by atoms with Crippen LogP contribution < -0.4 is 5.32 Å². The van der Waals surface area contributed by atoms with E-state index in [-0.39, 0.29) is 18.4 Å². The van der Waals surface area contributed by atoms with Crippen molar-refractivity contribution in [2.75, 3.05) is 32.8 Å². The molecular weight excluding hydrogens is 430 g/mol. The molecule has 1 aliphatic heterocycles. The van der Waals surface area contributed by atoms with Crippen molar-refractivity contribution in [2.45, 2.75) is 18.9 Å². The standard InChI is InChI=1S/C24H26ClN3O2S/c25-20-8-4-5-18(13-20)14-24-27-21(17-31-24)15-23(29)26-16-22(19-6-2-1-3-7-19)28-9-11-30-12-10-28/h1-8,13,17,22H,9-12,14-16H2,(H,26,29). The lowest BCUT2D eigenvalue weighted by atomic mass is 10.0. The summed E-state index contributed by atoms with van der Waals surface area (Å²) in [4.78, 5) is 19.7. The van der Waals surface area contributed by atoms with Crippen LogP contribution in [0.4, 0.5) is 0 Å². The molecule has 4 rings (SSSR count). The van der Waals surface area contributed by atoms with Crippen molar-refractivity contribution in [1.29, 1.82) is 0 Å². The Balaban J connectivity index is 1.34. The summed E-state index contributed by atoms with van der Waals surface area (Å²) in [7, 11) is 0. The summed E-state index contributed by atoms with van der Waals surface area (Å²) in [6.45, 7) is 3.77. The topological polar surface area (TPSA) is 54.5 Å². The fourth-order valence-electron chi connectivity index (χ4n) is 3.79. The van der Waals surface area contributed by atoms with Crippen LogP contribution in [0.2, 0.25) is 5.02 Å². The molecule has 2 heterocycles. The molecule has 1 aliphatic rings. The number of thiazole rings is 1. The minimum Gasteiger partial charge on any atom is -0.379 e. The normalized spacial score (nSPS) is 15.5. The number of benzene rings is 2. The molecule has 1 amide bonds. The van der Waals surface area contributed by atoms with Crippen molar-refractivity contribution in [2.24, 2.45) is 0 Å². The summed E-state index contributed by atoms with van der Waals surface area (Å²) < 4.78 is 5.50. The number of carbonyl (C=O) groups is 1. The first-order chi connectivity index (χ1) is 15.2. The number of ether oxygens (including phenoxy) is 1. The molecule has 1 unspecified atom stereocenters. The predicted molar refractivity (Wildman–Crippen MR) is 125 cm³/mol. The number of amides is 1. The Hall–Kier alpha value is -2.25. The fourth-order valence-corrected chi connectivity index (χ4v) is 4.83. The molecule has 7 heteroatoms. The first kappa shape index (κ1) is 22.0. The Morgan fingerprint density at radius 1 is 1.16 bits per heavy atom. The largest absolute Gasteiger partial charge is 0.379 e. The number of nitrogens with one attached hydrogen (secondary N) is 1. The van der Waals surface area contributed by atoms with E-state index in [2.05, 4.69) is 27.3 Å². The number of aromatic nitrogens is 1. The van der Waals surface area contributed by atoms with Gasteiger partial charge >= 0.3 is 0 Å². The first-order valence-electron chi connectivity index (χ1n) is 10.5. The SMILES string of the molecule is O=C(Cc1csc(Cc2cccc(Cl)c2)n1)NCC(c1ccccc1)N1CCOCC1. The van der Waals surface area contributed by atoms with E-state index >= 15 is 0 Å². The lowest BCUT2D eigenvalue weighted by molar-refractivity contribution is -0.120. The van der Waals surface area contributed by atoms with Crippen LogP contribution in [0.3, 0.4) is 0 Å². The van der Waals surface area contributed by atoms with Crippen molar-refractivity contribution in [3.05, 3.63) is 86.8 Å². The van der Waals surface area contributed by atoms with E-state index in [4.69, 9.17) is 16.3 Å². The van der Waals surface area contributed by atoms with Crippen molar-refractivity contribution in [1.82, 2.24) is 15.2 Å². The summed E-state index contributed by atoms with van der Waals surface area (Å²) in [5, 5.41) is 6.80. The number of hydrogen-bond donors (Lipinski definition) is 1. The zero-order valence-electron chi connectivity index (χ0n) is 17.3. The van der Waals surface area contributed by atoms with Gasteiger partial charge < -0.3 is 10.1 Å². The van der Waals surface area contributed by atoms with Crippen molar-refractivity contribution >= 4 is 28.8 Å². The molecule has 31 heavy (non-hydrogen) atoms. The minimum atomic E-state index is -0.00574. The second kappa shape index (κ2) is 10.9. The number of rotatable bonds is 8. The summed E-state index contributed by atoms with van der Waals surface area (Å²) >= 11 is 7.65. The van der Waals surface area contributed by atoms with Crippen molar-refractivity contribution in [3.8, 4) is 0 Å². The molecule has 0 saturated carbocycles. The predicted octanol–water partition coefficient (Wildman–Crippen LogP) is 4.12. The number of carbonyl (C=O) groups excluding carboxylic acids is 1. The fraction of sp³-hybridized carbons (Fsp3) is 0.333. The lowest BCUT2D eigenvalue weighted by Gasteiger charge is -2.34. The molecule has 1 N–H and O–H groups in total. The molecule has 1 saturated heterocycles. The molecule has 0 spiro atoms. The molecule has 0 radical (unpaired) electrons. The van der Waals surface area contributed by atoms with E-state index in [1.165, 1.54) is 5.56 Å². The van der Waals surface area contributed by atoms with Gasteiger partial charge in [-0.3, -0.25) is 9.69 Å². The Morgan fingerprint density at radius 3 is 2.74 bits per heavy atom. The maximum Gasteiger partial charge on any atom is 0.226 e. The average Bonchev–Trinajstić information content (AvgIpc) is 3.22. The van der Waals surface area contributed by atoms with E-state index < -0.39 is 0 Å². The molecule has 2 aromatic carbocycles. The van der Waals surface area contributed by atoms with Crippen molar-refractivity contribution in [3.63, 3.8) is 0 Å². The molecule has 0 bridgehead atoms. The second-order valence-corrected chi connectivity index (χ2v) is 8.97. The van der Waals surface area contributed by atoms with Gasteiger partial charge in [-0.1, -0.05) is 54.1 Å². The summed E-state index contributed by atoms with van der Waals surface area (Å²) in [5.41, 5.74) is 3.14. The molecule has 5 nitrogen and oxygen atoms in total. The van der Waals surface area contributed by atoms with Crippen LogP contribution in [-0.2, 0) is 22.4 Å². The van der Waals surface area contributed by atoms with Crippen LogP contribution in [0.1, 0.15) is 27.9 Å². The van der Waals surface area contributed by atoms with Crippen molar-refractivity contribution < 1.29 is 9.53 Å². The first-order valence-corrected chi connectivity index (χ1v) is 11.7. The average molecular weight is 456 g/mol. The quantitative estimate of drug-likeness (QED) is 0.555. The Labute approximate surface area is 192 Å². The highest BCUT2D eigenvalue weighted by molar-refractivity contribution is 7.09. The van der Waals surface area contributed by atoms with Gasteiger partial charge in [-0.2, -0.15) is 0 Å². The van der Waals surface area contributed by atoms with Crippen LogP contribution in [0, 0.1) is 0 Å². The zero-order valence-corrected chi connectivity index (χ0v) is 18.9. The molecule has 1 atom stereocenters. The Bertz CT molecular complexity index is 989. The van der Waals surface area contributed by atoms with Crippen LogP contribution >= 0.6 is 22.9 Å². The summed E-state index contributed by atoms with van der Waals surface area (Å²) in [5.74, 6) is -0.00574. The molecule has 0 aliphatic carbocycles. The van der Waals surface area contributed by atoms with Crippen LogP contribution in [0.15, 0.2) is 60.0 Å². The van der Waals surface area contributed by atoms with Crippen LogP contribution in [0.25, 0.3) is 0 Å². The van der Waals surface area contributed by atoms with E-state index in [9.17, 15) is 4.79 Å². The Morgan fingerprint density at radius 2 is 1.97 bits per heavy atom. The van der Waals surface area contributed by atoms with Gasteiger partial charge in [-0.25, -0.2) is 4.98 Å².